The molecule has 0 aromatic carbocycles. The van der Waals surface area contributed by atoms with Gasteiger partial charge in [-0.05, 0) is 19.3 Å². The van der Waals surface area contributed by atoms with Crippen molar-refractivity contribution in [3.8, 4) is 0 Å². The SMILES string of the molecule is O=C(CCN1CCCS1(=O)=O)N1CCCc2[nH]ncc21. The van der Waals surface area contributed by atoms with E-state index in [1.807, 2.05) is 0 Å². The molecule has 2 aliphatic rings. The summed E-state index contributed by atoms with van der Waals surface area (Å²) in [5.74, 6) is 0.172. The number of hydrogen-bond acceptors (Lipinski definition) is 4. The predicted octanol–water partition coefficient (Wildman–Crippen LogP) is 0.114. The maximum Gasteiger partial charge on any atom is 0.228 e. The molecular formula is C12H18N4O3S. The normalized spacial score (nSPS) is 21.9. The first-order chi connectivity index (χ1) is 9.58. The van der Waals surface area contributed by atoms with Crippen LogP contribution < -0.4 is 4.90 Å². The second-order valence-corrected chi connectivity index (χ2v) is 7.29. The maximum atomic E-state index is 12.3. The lowest BCUT2D eigenvalue weighted by molar-refractivity contribution is -0.118. The van der Waals surface area contributed by atoms with Gasteiger partial charge in [0.2, 0.25) is 15.9 Å². The van der Waals surface area contributed by atoms with Crippen molar-refractivity contribution in [3.05, 3.63) is 11.9 Å². The van der Waals surface area contributed by atoms with Crippen LogP contribution in [0.3, 0.4) is 0 Å². The van der Waals surface area contributed by atoms with Gasteiger partial charge < -0.3 is 4.90 Å². The second kappa shape index (κ2) is 5.17. The topological polar surface area (TPSA) is 86.4 Å². The van der Waals surface area contributed by atoms with Crippen LogP contribution in [0, 0.1) is 0 Å². The largest absolute Gasteiger partial charge is 0.309 e. The molecular weight excluding hydrogens is 280 g/mol. The van der Waals surface area contributed by atoms with Crippen LogP contribution in [0.25, 0.3) is 0 Å². The van der Waals surface area contributed by atoms with Crippen molar-refractivity contribution in [3.63, 3.8) is 0 Å². The molecule has 8 heteroatoms. The first-order valence-corrected chi connectivity index (χ1v) is 8.49. The molecule has 0 spiro atoms. The van der Waals surface area contributed by atoms with E-state index in [4.69, 9.17) is 0 Å². The number of hydrogen-bond donors (Lipinski definition) is 1. The number of fused-ring (bicyclic) bond motifs is 1. The van der Waals surface area contributed by atoms with Crippen LogP contribution in [0.5, 0.6) is 0 Å². The van der Waals surface area contributed by atoms with E-state index in [9.17, 15) is 13.2 Å². The molecule has 3 rings (SSSR count). The number of carbonyl (C=O) groups is 1. The van der Waals surface area contributed by atoms with E-state index in [1.165, 1.54) is 4.31 Å². The molecule has 0 bridgehead atoms. The Morgan fingerprint density at radius 3 is 2.95 bits per heavy atom. The fourth-order valence-electron chi connectivity index (χ4n) is 2.81. The van der Waals surface area contributed by atoms with Crippen LogP contribution in [0.15, 0.2) is 6.20 Å². The number of carbonyl (C=O) groups excluding carboxylic acids is 1. The van der Waals surface area contributed by atoms with Crippen molar-refractivity contribution in [2.75, 3.05) is 30.3 Å². The molecule has 0 unspecified atom stereocenters. The molecule has 1 N–H and O–H groups in total. The molecule has 1 saturated heterocycles. The number of rotatable bonds is 3. The van der Waals surface area contributed by atoms with E-state index in [0.717, 1.165) is 24.2 Å². The van der Waals surface area contributed by atoms with E-state index >= 15 is 0 Å². The maximum absolute atomic E-state index is 12.3. The van der Waals surface area contributed by atoms with Gasteiger partial charge in [0.25, 0.3) is 0 Å². The highest BCUT2D eigenvalue weighted by molar-refractivity contribution is 7.89. The van der Waals surface area contributed by atoms with Crippen LogP contribution in [-0.4, -0.2) is 54.2 Å². The van der Waals surface area contributed by atoms with Gasteiger partial charge in [-0.25, -0.2) is 12.7 Å². The molecule has 0 saturated carbocycles. The summed E-state index contributed by atoms with van der Waals surface area (Å²) in [6.07, 6.45) is 4.36. The summed E-state index contributed by atoms with van der Waals surface area (Å²) in [6, 6.07) is 0. The van der Waals surface area contributed by atoms with Crippen LogP contribution in [-0.2, 0) is 21.2 Å². The van der Waals surface area contributed by atoms with Gasteiger partial charge in [-0.3, -0.25) is 9.89 Å². The monoisotopic (exact) mass is 298 g/mol. The molecule has 1 aromatic heterocycles. The summed E-state index contributed by atoms with van der Waals surface area (Å²) < 4.78 is 24.8. The highest BCUT2D eigenvalue weighted by Crippen LogP contribution is 2.25. The van der Waals surface area contributed by atoms with Crippen LogP contribution in [0.1, 0.15) is 25.0 Å². The molecule has 0 atom stereocenters. The molecule has 2 aliphatic heterocycles. The standard InChI is InChI=1S/C12H18N4O3S/c17-12(4-7-15-5-2-8-20(15,18)19)16-6-1-3-10-11(16)9-13-14-10/h9H,1-8H2,(H,13,14). The number of aromatic amines is 1. The zero-order chi connectivity index (χ0) is 14.2. The van der Waals surface area contributed by atoms with Crippen LogP contribution >= 0.6 is 0 Å². The van der Waals surface area contributed by atoms with Gasteiger partial charge in [0.1, 0.15) is 0 Å². The number of H-pyrrole nitrogens is 1. The summed E-state index contributed by atoms with van der Waals surface area (Å²) >= 11 is 0. The highest BCUT2D eigenvalue weighted by Gasteiger charge is 2.30. The molecule has 3 heterocycles. The van der Waals surface area contributed by atoms with E-state index in [0.29, 0.717) is 19.5 Å². The number of nitrogens with zero attached hydrogens (tertiary/aromatic N) is 3. The molecule has 0 aliphatic carbocycles. The van der Waals surface area contributed by atoms with Gasteiger partial charge in [0.15, 0.2) is 0 Å². The van der Waals surface area contributed by atoms with Crippen molar-refractivity contribution in [1.29, 1.82) is 0 Å². The van der Waals surface area contributed by atoms with E-state index in [1.54, 1.807) is 11.1 Å². The summed E-state index contributed by atoms with van der Waals surface area (Å²) in [5.41, 5.74) is 1.82. The average Bonchev–Trinajstić information content (AvgIpc) is 3.01. The van der Waals surface area contributed by atoms with Crippen molar-refractivity contribution < 1.29 is 13.2 Å². The number of aromatic nitrogens is 2. The number of amides is 1. The van der Waals surface area contributed by atoms with Crippen molar-refractivity contribution in [2.45, 2.75) is 25.7 Å². The Morgan fingerprint density at radius 1 is 1.35 bits per heavy atom. The fourth-order valence-corrected chi connectivity index (χ4v) is 4.34. The Morgan fingerprint density at radius 2 is 2.20 bits per heavy atom. The van der Waals surface area contributed by atoms with E-state index in [2.05, 4.69) is 10.2 Å². The van der Waals surface area contributed by atoms with Gasteiger partial charge in [0.05, 0.1) is 23.3 Å². The second-order valence-electron chi connectivity index (χ2n) is 5.20. The van der Waals surface area contributed by atoms with Gasteiger partial charge in [-0.2, -0.15) is 5.10 Å². The lowest BCUT2D eigenvalue weighted by Crippen LogP contribution is -2.37. The first kappa shape index (κ1) is 13.6. The summed E-state index contributed by atoms with van der Waals surface area (Å²) in [7, 11) is -3.12. The minimum Gasteiger partial charge on any atom is -0.309 e. The Kier molecular flexibility index (Phi) is 3.51. The minimum atomic E-state index is -3.12. The number of sulfonamides is 1. The third-order valence-corrected chi connectivity index (χ3v) is 5.83. The predicted molar refractivity (Wildman–Crippen MR) is 73.9 cm³/mol. The fraction of sp³-hybridized carbons (Fsp3) is 0.667. The zero-order valence-electron chi connectivity index (χ0n) is 11.2. The average molecular weight is 298 g/mol. The van der Waals surface area contributed by atoms with E-state index in [-0.39, 0.29) is 24.6 Å². The molecule has 1 amide bonds. The highest BCUT2D eigenvalue weighted by atomic mass is 32.2. The van der Waals surface area contributed by atoms with Crippen LogP contribution in [0.4, 0.5) is 5.69 Å². The number of nitrogens with one attached hydrogen (secondary N) is 1. The van der Waals surface area contributed by atoms with Crippen molar-refractivity contribution in [1.82, 2.24) is 14.5 Å². The van der Waals surface area contributed by atoms with Gasteiger partial charge in [0, 0.05) is 26.1 Å². The lowest BCUT2D eigenvalue weighted by atomic mass is 10.1. The molecule has 7 nitrogen and oxygen atoms in total. The summed E-state index contributed by atoms with van der Waals surface area (Å²) in [4.78, 5) is 14.0. The molecule has 0 radical (unpaired) electrons. The van der Waals surface area contributed by atoms with Crippen molar-refractivity contribution in [2.24, 2.45) is 0 Å². The zero-order valence-corrected chi connectivity index (χ0v) is 12.0. The quantitative estimate of drug-likeness (QED) is 0.858. The molecule has 110 valence electrons. The molecule has 20 heavy (non-hydrogen) atoms. The lowest BCUT2D eigenvalue weighted by Gasteiger charge is -2.27. The van der Waals surface area contributed by atoms with Crippen LogP contribution in [0.2, 0.25) is 0 Å². The number of aryl methyl sites for hydroxylation is 1. The van der Waals surface area contributed by atoms with E-state index < -0.39 is 10.0 Å². The third kappa shape index (κ3) is 2.45. The third-order valence-electron chi connectivity index (χ3n) is 3.87. The number of anilines is 1. The molecule has 1 aromatic rings. The first-order valence-electron chi connectivity index (χ1n) is 6.88. The van der Waals surface area contributed by atoms with Crippen molar-refractivity contribution >= 4 is 21.6 Å². The van der Waals surface area contributed by atoms with Gasteiger partial charge >= 0.3 is 0 Å². The summed E-state index contributed by atoms with van der Waals surface area (Å²) in [6.45, 7) is 1.50. The smallest absolute Gasteiger partial charge is 0.228 e. The summed E-state index contributed by atoms with van der Waals surface area (Å²) in [5, 5.41) is 6.87. The minimum absolute atomic E-state index is 0.0329. The Labute approximate surface area is 118 Å². The Bertz CT molecular complexity index is 610. The molecule has 1 fully saturated rings. The Balaban J connectivity index is 1.64. The Hall–Kier alpha value is -1.41. The van der Waals surface area contributed by atoms with Gasteiger partial charge in [-0.1, -0.05) is 0 Å². The van der Waals surface area contributed by atoms with Gasteiger partial charge in [-0.15, -0.1) is 0 Å².